The second-order valence-corrected chi connectivity index (χ2v) is 5.50. The molecule has 0 saturated carbocycles. The first-order valence-electron chi connectivity index (χ1n) is 6.00. The lowest BCUT2D eigenvalue weighted by atomic mass is 10.1. The molecule has 0 saturated heterocycles. The molecule has 0 aliphatic carbocycles. The van der Waals surface area contributed by atoms with Crippen molar-refractivity contribution >= 4 is 11.3 Å². The Morgan fingerprint density at radius 1 is 1.39 bits per heavy atom. The average molecular weight is 264 g/mol. The molecule has 0 aliphatic heterocycles. The Kier molecular flexibility index (Phi) is 4.09. The van der Waals surface area contributed by atoms with Crippen LogP contribution in [0.15, 0.2) is 23.6 Å². The van der Waals surface area contributed by atoms with Crippen LogP contribution in [0.2, 0.25) is 0 Å². The lowest BCUT2D eigenvalue weighted by Gasteiger charge is -2.04. The molecule has 0 radical (unpaired) electrons. The molecule has 0 aliphatic rings. The van der Waals surface area contributed by atoms with Crippen molar-refractivity contribution in [1.82, 2.24) is 10.3 Å². The first-order valence-corrected chi connectivity index (χ1v) is 6.88. The van der Waals surface area contributed by atoms with Crippen molar-refractivity contribution in [1.29, 1.82) is 0 Å². The van der Waals surface area contributed by atoms with Crippen molar-refractivity contribution < 1.29 is 4.39 Å². The Hall–Kier alpha value is -1.26. The van der Waals surface area contributed by atoms with Gasteiger partial charge in [0, 0.05) is 23.5 Å². The van der Waals surface area contributed by atoms with Crippen molar-refractivity contribution in [2.75, 3.05) is 0 Å². The number of benzene rings is 1. The lowest BCUT2D eigenvalue weighted by Crippen LogP contribution is -2.21. The molecule has 0 bridgehead atoms. The summed E-state index contributed by atoms with van der Waals surface area (Å²) < 4.78 is 13.2. The minimum atomic E-state index is -0.169. The molecule has 96 valence electrons. The van der Waals surface area contributed by atoms with Gasteiger partial charge in [-0.25, -0.2) is 9.37 Å². The molecule has 0 fully saturated rings. The van der Waals surface area contributed by atoms with E-state index in [4.69, 9.17) is 0 Å². The van der Waals surface area contributed by atoms with Crippen LogP contribution in [0.3, 0.4) is 0 Å². The SMILES string of the molecule is Cc1cc(-c2nc(CNC(C)C)cs2)ccc1F. The van der Waals surface area contributed by atoms with Gasteiger partial charge in [-0.1, -0.05) is 13.8 Å². The minimum Gasteiger partial charge on any atom is -0.309 e. The van der Waals surface area contributed by atoms with Gasteiger partial charge in [-0.2, -0.15) is 0 Å². The number of aryl methyl sites for hydroxylation is 1. The highest BCUT2D eigenvalue weighted by molar-refractivity contribution is 7.13. The first-order chi connectivity index (χ1) is 8.56. The molecule has 2 aromatic rings. The molecule has 0 spiro atoms. The molecular weight excluding hydrogens is 247 g/mol. The summed E-state index contributed by atoms with van der Waals surface area (Å²) in [6.45, 7) is 6.76. The number of hydrogen-bond acceptors (Lipinski definition) is 3. The largest absolute Gasteiger partial charge is 0.309 e. The number of hydrogen-bond donors (Lipinski definition) is 1. The van der Waals surface area contributed by atoms with E-state index in [0.29, 0.717) is 11.6 Å². The maximum Gasteiger partial charge on any atom is 0.126 e. The van der Waals surface area contributed by atoms with Crippen LogP contribution in [0, 0.1) is 12.7 Å². The summed E-state index contributed by atoms with van der Waals surface area (Å²) in [6, 6.07) is 5.57. The van der Waals surface area contributed by atoms with Crippen LogP contribution in [0.25, 0.3) is 10.6 Å². The maximum atomic E-state index is 13.2. The fourth-order valence-corrected chi connectivity index (χ4v) is 2.42. The van der Waals surface area contributed by atoms with E-state index in [1.54, 1.807) is 24.3 Å². The van der Waals surface area contributed by atoms with Gasteiger partial charge in [-0.15, -0.1) is 11.3 Å². The predicted molar refractivity (Wildman–Crippen MR) is 74.2 cm³/mol. The smallest absolute Gasteiger partial charge is 0.126 e. The van der Waals surface area contributed by atoms with Gasteiger partial charge in [0.25, 0.3) is 0 Å². The summed E-state index contributed by atoms with van der Waals surface area (Å²) in [6.07, 6.45) is 0. The molecule has 18 heavy (non-hydrogen) atoms. The van der Waals surface area contributed by atoms with Gasteiger partial charge < -0.3 is 5.32 Å². The van der Waals surface area contributed by atoms with Gasteiger partial charge in [-0.05, 0) is 30.7 Å². The van der Waals surface area contributed by atoms with Crippen LogP contribution in [0.1, 0.15) is 25.1 Å². The quantitative estimate of drug-likeness (QED) is 0.909. The molecule has 1 aromatic carbocycles. The Labute approximate surface area is 111 Å². The third-order valence-corrected chi connectivity index (χ3v) is 3.59. The van der Waals surface area contributed by atoms with Gasteiger partial charge >= 0.3 is 0 Å². The summed E-state index contributed by atoms with van der Waals surface area (Å²) in [5.74, 6) is -0.169. The second kappa shape index (κ2) is 5.59. The van der Waals surface area contributed by atoms with E-state index in [9.17, 15) is 4.39 Å². The zero-order chi connectivity index (χ0) is 13.1. The zero-order valence-electron chi connectivity index (χ0n) is 10.8. The molecule has 4 heteroatoms. The number of thiazole rings is 1. The van der Waals surface area contributed by atoms with Crippen molar-refractivity contribution in [2.24, 2.45) is 0 Å². The highest BCUT2D eigenvalue weighted by Gasteiger charge is 2.07. The van der Waals surface area contributed by atoms with Crippen LogP contribution in [-0.4, -0.2) is 11.0 Å². The third-order valence-electron chi connectivity index (χ3n) is 2.65. The lowest BCUT2D eigenvalue weighted by molar-refractivity contribution is 0.583. The monoisotopic (exact) mass is 264 g/mol. The normalized spacial score (nSPS) is 11.2. The van der Waals surface area contributed by atoms with Crippen molar-refractivity contribution in [3.05, 3.63) is 40.7 Å². The van der Waals surface area contributed by atoms with Crippen LogP contribution < -0.4 is 5.32 Å². The summed E-state index contributed by atoms with van der Waals surface area (Å²) in [5, 5.41) is 6.32. The van der Waals surface area contributed by atoms with Crippen LogP contribution in [0.5, 0.6) is 0 Å². The van der Waals surface area contributed by atoms with E-state index >= 15 is 0 Å². The topological polar surface area (TPSA) is 24.9 Å². The van der Waals surface area contributed by atoms with Gasteiger partial charge in [0.15, 0.2) is 0 Å². The van der Waals surface area contributed by atoms with Gasteiger partial charge in [-0.3, -0.25) is 0 Å². The van der Waals surface area contributed by atoms with Crippen molar-refractivity contribution in [3.63, 3.8) is 0 Å². The maximum absolute atomic E-state index is 13.2. The number of nitrogens with zero attached hydrogens (tertiary/aromatic N) is 1. The number of halogens is 1. The molecule has 0 amide bonds. The highest BCUT2D eigenvalue weighted by atomic mass is 32.1. The summed E-state index contributed by atoms with van der Waals surface area (Å²) in [4.78, 5) is 4.56. The highest BCUT2D eigenvalue weighted by Crippen LogP contribution is 2.25. The van der Waals surface area contributed by atoms with E-state index < -0.39 is 0 Å². The van der Waals surface area contributed by atoms with Crippen LogP contribution in [0.4, 0.5) is 4.39 Å². The number of aromatic nitrogens is 1. The van der Waals surface area contributed by atoms with Crippen molar-refractivity contribution in [2.45, 2.75) is 33.4 Å². The van der Waals surface area contributed by atoms with Gasteiger partial charge in [0.1, 0.15) is 10.8 Å². The van der Waals surface area contributed by atoms with E-state index in [2.05, 4.69) is 24.1 Å². The summed E-state index contributed by atoms with van der Waals surface area (Å²) in [7, 11) is 0. The fraction of sp³-hybridized carbons (Fsp3) is 0.357. The second-order valence-electron chi connectivity index (χ2n) is 4.64. The molecule has 2 rings (SSSR count). The minimum absolute atomic E-state index is 0.169. The molecule has 0 atom stereocenters. The number of nitrogens with one attached hydrogen (secondary N) is 1. The molecule has 0 unspecified atom stereocenters. The van der Waals surface area contributed by atoms with E-state index in [0.717, 1.165) is 22.8 Å². The van der Waals surface area contributed by atoms with Gasteiger partial charge in [0.05, 0.1) is 5.69 Å². The standard InChI is InChI=1S/C14H17FN2S/c1-9(2)16-7-12-8-18-14(17-12)11-4-5-13(15)10(3)6-11/h4-6,8-9,16H,7H2,1-3H3. The zero-order valence-corrected chi connectivity index (χ0v) is 11.6. The Morgan fingerprint density at radius 2 is 2.17 bits per heavy atom. The molecule has 1 heterocycles. The Balaban J connectivity index is 2.16. The molecule has 1 N–H and O–H groups in total. The fourth-order valence-electron chi connectivity index (χ4n) is 1.61. The van der Waals surface area contributed by atoms with Crippen LogP contribution in [-0.2, 0) is 6.54 Å². The Bertz CT molecular complexity index is 534. The molecule has 2 nitrogen and oxygen atoms in total. The average Bonchev–Trinajstić information content (AvgIpc) is 2.79. The predicted octanol–water partition coefficient (Wildman–Crippen LogP) is 3.76. The Morgan fingerprint density at radius 3 is 2.83 bits per heavy atom. The van der Waals surface area contributed by atoms with E-state index in [1.165, 1.54) is 6.07 Å². The molecular formula is C14H17FN2S. The van der Waals surface area contributed by atoms with E-state index in [-0.39, 0.29) is 5.82 Å². The number of rotatable bonds is 4. The third kappa shape index (κ3) is 3.15. The summed E-state index contributed by atoms with van der Waals surface area (Å²) >= 11 is 1.60. The molecule has 1 aromatic heterocycles. The first kappa shape index (κ1) is 13.2. The van der Waals surface area contributed by atoms with Gasteiger partial charge in [0.2, 0.25) is 0 Å². The summed E-state index contributed by atoms with van der Waals surface area (Å²) in [5.41, 5.74) is 2.67. The van der Waals surface area contributed by atoms with E-state index in [1.807, 2.05) is 11.4 Å². The van der Waals surface area contributed by atoms with Crippen molar-refractivity contribution in [3.8, 4) is 10.6 Å². The van der Waals surface area contributed by atoms with Crippen LogP contribution >= 0.6 is 11.3 Å².